The van der Waals surface area contributed by atoms with Gasteiger partial charge >= 0.3 is 0 Å². The first-order valence-corrected chi connectivity index (χ1v) is 8.52. The van der Waals surface area contributed by atoms with Gasteiger partial charge in [0.1, 0.15) is 0 Å². The van der Waals surface area contributed by atoms with Crippen LogP contribution < -0.4 is 4.90 Å². The van der Waals surface area contributed by atoms with Gasteiger partial charge in [-0.05, 0) is 50.1 Å². The van der Waals surface area contributed by atoms with Crippen molar-refractivity contribution in [1.82, 2.24) is 4.90 Å². The van der Waals surface area contributed by atoms with Crippen LogP contribution in [0.15, 0.2) is 36.4 Å². The molecule has 1 amide bonds. The summed E-state index contributed by atoms with van der Waals surface area (Å²) >= 11 is 1.81. The molecule has 0 spiro atoms. The Balaban J connectivity index is 1.86. The number of likely N-dealkylation sites (tertiary alicyclic amines) is 1. The maximum atomic E-state index is 12.9. The number of carbonyl (C=O) groups is 1. The summed E-state index contributed by atoms with van der Waals surface area (Å²) in [5.74, 6) is 0.150. The highest BCUT2D eigenvalue weighted by Crippen LogP contribution is 2.36. The number of rotatable bonds is 3. The monoisotopic (exact) mass is 314 g/mol. The van der Waals surface area contributed by atoms with Gasteiger partial charge in [0.05, 0.1) is 6.04 Å². The van der Waals surface area contributed by atoms with E-state index in [0.29, 0.717) is 0 Å². The lowest BCUT2D eigenvalue weighted by molar-refractivity contribution is 0.0738. The summed E-state index contributed by atoms with van der Waals surface area (Å²) in [5, 5.41) is 0. The van der Waals surface area contributed by atoms with Crippen LogP contribution in [0.3, 0.4) is 0 Å². The van der Waals surface area contributed by atoms with E-state index >= 15 is 0 Å². The predicted molar refractivity (Wildman–Crippen MR) is 92.8 cm³/mol. The lowest BCUT2D eigenvalue weighted by Crippen LogP contribution is -2.30. The van der Waals surface area contributed by atoms with Gasteiger partial charge in [0.2, 0.25) is 0 Å². The van der Waals surface area contributed by atoms with Crippen LogP contribution in [-0.2, 0) is 0 Å². The summed E-state index contributed by atoms with van der Waals surface area (Å²) in [4.78, 5) is 19.6. The van der Waals surface area contributed by atoms with E-state index < -0.39 is 0 Å². The summed E-state index contributed by atoms with van der Waals surface area (Å²) in [6.07, 6.45) is 2.15. The molecule has 0 radical (unpaired) electrons. The Morgan fingerprint density at radius 2 is 2.09 bits per heavy atom. The van der Waals surface area contributed by atoms with E-state index in [1.54, 1.807) is 0 Å². The van der Waals surface area contributed by atoms with Gasteiger partial charge in [0.15, 0.2) is 0 Å². The van der Waals surface area contributed by atoms with Gasteiger partial charge < -0.3 is 9.80 Å². The van der Waals surface area contributed by atoms with Crippen LogP contribution in [0, 0.1) is 6.92 Å². The van der Waals surface area contributed by atoms with E-state index in [1.165, 1.54) is 9.75 Å². The van der Waals surface area contributed by atoms with Crippen LogP contribution in [0.5, 0.6) is 0 Å². The number of anilines is 1. The number of hydrogen-bond acceptors (Lipinski definition) is 3. The van der Waals surface area contributed by atoms with Crippen LogP contribution in [0.25, 0.3) is 0 Å². The van der Waals surface area contributed by atoms with Gasteiger partial charge in [-0.25, -0.2) is 0 Å². The van der Waals surface area contributed by atoms with Crippen molar-refractivity contribution in [3.05, 3.63) is 51.7 Å². The largest absolute Gasteiger partial charge is 0.378 e. The Kier molecular flexibility index (Phi) is 4.21. The van der Waals surface area contributed by atoms with E-state index in [-0.39, 0.29) is 11.9 Å². The van der Waals surface area contributed by atoms with E-state index in [0.717, 1.165) is 30.6 Å². The summed E-state index contributed by atoms with van der Waals surface area (Å²) in [6, 6.07) is 12.5. The summed E-state index contributed by atoms with van der Waals surface area (Å²) in [7, 11) is 3.99. The van der Waals surface area contributed by atoms with Crippen molar-refractivity contribution in [2.75, 3.05) is 25.5 Å². The number of amides is 1. The van der Waals surface area contributed by atoms with Crippen LogP contribution >= 0.6 is 11.3 Å². The van der Waals surface area contributed by atoms with Crippen molar-refractivity contribution < 1.29 is 4.79 Å². The Morgan fingerprint density at radius 3 is 2.77 bits per heavy atom. The normalized spacial score (nSPS) is 17.8. The Labute approximate surface area is 136 Å². The van der Waals surface area contributed by atoms with Crippen molar-refractivity contribution in [2.24, 2.45) is 0 Å². The Hall–Kier alpha value is -1.81. The Morgan fingerprint density at radius 1 is 1.27 bits per heavy atom. The van der Waals surface area contributed by atoms with Crippen molar-refractivity contribution in [2.45, 2.75) is 25.8 Å². The molecular formula is C18H22N2OS. The van der Waals surface area contributed by atoms with Crippen molar-refractivity contribution in [1.29, 1.82) is 0 Å². The molecule has 0 saturated carbocycles. The summed E-state index contributed by atoms with van der Waals surface area (Å²) < 4.78 is 0. The van der Waals surface area contributed by atoms with E-state index in [9.17, 15) is 4.79 Å². The van der Waals surface area contributed by atoms with Crippen molar-refractivity contribution in [3.63, 3.8) is 0 Å². The van der Waals surface area contributed by atoms with E-state index in [1.807, 2.05) is 59.5 Å². The second-order valence-corrected chi connectivity index (χ2v) is 7.37. The molecule has 2 aromatic rings. The third-order valence-electron chi connectivity index (χ3n) is 4.21. The van der Waals surface area contributed by atoms with Gasteiger partial charge in [-0.3, -0.25) is 4.79 Å². The zero-order chi connectivity index (χ0) is 15.7. The highest BCUT2D eigenvalue weighted by molar-refractivity contribution is 7.12. The average molecular weight is 314 g/mol. The Bertz CT molecular complexity index is 677. The number of carbonyl (C=O) groups excluding carboxylic acids is 1. The van der Waals surface area contributed by atoms with Gasteiger partial charge in [-0.1, -0.05) is 6.07 Å². The molecule has 3 nitrogen and oxygen atoms in total. The van der Waals surface area contributed by atoms with E-state index in [4.69, 9.17) is 0 Å². The lowest BCUT2D eigenvalue weighted by Gasteiger charge is -2.24. The molecule has 0 aliphatic carbocycles. The molecule has 1 atom stereocenters. The van der Waals surface area contributed by atoms with Crippen LogP contribution in [0.2, 0.25) is 0 Å². The number of thiophene rings is 1. The average Bonchev–Trinajstić information content (AvgIpc) is 3.15. The first-order valence-electron chi connectivity index (χ1n) is 7.71. The standard InChI is InChI=1S/C18H22N2OS/c1-13-9-10-17(22-13)16-8-5-11-20(16)18(21)14-6-4-7-15(12-14)19(2)3/h4,6-7,9-10,12,16H,5,8,11H2,1-3H3. The third kappa shape index (κ3) is 2.88. The molecule has 1 saturated heterocycles. The summed E-state index contributed by atoms with van der Waals surface area (Å²) in [6.45, 7) is 2.97. The second kappa shape index (κ2) is 6.13. The zero-order valence-electron chi connectivity index (χ0n) is 13.4. The predicted octanol–water partition coefficient (Wildman–Crippen LogP) is 4.10. The molecule has 3 rings (SSSR count). The molecule has 0 N–H and O–H groups in total. The molecule has 116 valence electrons. The fourth-order valence-electron chi connectivity index (χ4n) is 3.02. The maximum absolute atomic E-state index is 12.9. The van der Waals surface area contributed by atoms with Crippen molar-refractivity contribution in [3.8, 4) is 0 Å². The fraction of sp³-hybridized carbons (Fsp3) is 0.389. The minimum absolute atomic E-state index is 0.150. The van der Waals surface area contributed by atoms with Crippen molar-refractivity contribution >= 4 is 22.9 Å². The van der Waals surface area contributed by atoms with Crippen LogP contribution in [-0.4, -0.2) is 31.4 Å². The molecule has 1 aromatic carbocycles. The SMILES string of the molecule is Cc1ccc(C2CCCN2C(=O)c2cccc(N(C)C)c2)s1. The van der Waals surface area contributed by atoms with E-state index in [2.05, 4.69) is 19.1 Å². The maximum Gasteiger partial charge on any atom is 0.254 e. The molecule has 2 heterocycles. The zero-order valence-corrected chi connectivity index (χ0v) is 14.2. The highest BCUT2D eigenvalue weighted by atomic mass is 32.1. The van der Waals surface area contributed by atoms with Gasteiger partial charge in [0.25, 0.3) is 5.91 Å². The number of benzene rings is 1. The second-order valence-electron chi connectivity index (χ2n) is 6.05. The first kappa shape index (κ1) is 15.1. The molecule has 1 aliphatic heterocycles. The molecule has 1 fully saturated rings. The van der Waals surface area contributed by atoms with Gasteiger partial charge in [-0.15, -0.1) is 11.3 Å². The molecule has 0 bridgehead atoms. The fourth-order valence-corrected chi connectivity index (χ4v) is 4.05. The smallest absolute Gasteiger partial charge is 0.254 e. The third-order valence-corrected chi connectivity index (χ3v) is 5.31. The molecular weight excluding hydrogens is 292 g/mol. The summed E-state index contributed by atoms with van der Waals surface area (Å²) in [5.41, 5.74) is 1.85. The van der Waals surface area contributed by atoms with Crippen LogP contribution in [0.1, 0.15) is 39.0 Å². The first-order chi connectivity index (χ1) is 10.6. The number of aryl methyl sites for hydroxylation is 1. The minimum Gasteiger partial charge on any atom is -0.378 e. The van der Waals surface area contributed by atoms with Gasteiger partial charge in [-0.2, -0.15) is 0 Å². The highest BCUT2D eigenvalue weighted by Gasteiger charge is 2.31. The van der Waals surface area contributed by atoms with Crippen LogP contribution in [0.4, 0.5) is 5.69 Å². The molecule has 1 aromatic heterocycles. The molecule has 4 heteroatoms. The minimum atomic E-state index is 0.150. The number of hydrogen-bond donors (Lipinski definition) is 0. The molecule has 22 heavy (non-hydrogen) atoms. The lowest BCUT2D eigenvalue weighted by atomic mass is 10.1. The van der Waals surface area contributed by atoms with Gasteiger partial charge in [0, 0.05) is 41.6 Å². The molecule has 1 unspecified atom stereocenters. The number of nitrogens with zero attached hydrogens (tertiary/aromatic N) is 2. The topological polar surface area (TPSA) is 23.6 Å². The molecule has 1 aliphatic rings. The quantitative estimate of drug-likeness (QED) is 0.851.